The minimum Gasteiger partial charge on any atom is -0.323 e. The first kappa shape index (κ1) is 13.7. The molecule has 5 heteroatoms. The Balaban J connectivity index is 2.05. The fourth-order valence-electron chi connectivity index (χ4n) is 3.99. The number of hydrogen-bond acceptors (Lipinski definition) is 3. The third-order valence-corrected chi connectivity index (χ3v) is 6.92. The second-order valence-electron chi connectivity index (χ2n) is 6.42. The number of aromatic amines is 1. The smallest absolute Gasteiger partial charge is 0.263 e. The third-order valence-electron chi connectivity index (χ3n) is 5.43. The maximum absolute atomic E-state index is 13.2. The molecule has 112 valence electrons. The topological polar surface area (TPSA) is 37.8 Å². The molecule has 0 spiro atoms. The molecule has 0 radical (unpaired) electrons. The zero-order chi connectivity index (χ0) is 14.6. The van der Waals surface area contributed by atoms with E-state index in [-0.39, 0.29) is 11.1 Å². The molecule has 2 aliphatic carbocycles. The standard InChI is InChI=1S/C16H20N2OS2/c1-2-16(8-5-9-16)18-14(19)12-10-6-3-4-7-11(10)21-13(12)17-15(18)20/h2-9H2,1H3,(H,17,20). The van der Waals surface area contributed by atoms with Crippen molar-refractivity contribution in [2.24, 2.45) is 0 Å². The Morgan fingerprint density at radius 2 is 2.05 bits per heavy atom. The largest absolute Gasteiger partial charge is 0.323 e. The fraction of sp³-hybridized carbons (Fsp3) is 0.625. The molecule has 2 aromatic rings. The summed E-state index contributed by atoms with van der Waals surface area (Å²) in [6, 6.07) is 0. The van der Waals surface area contributed by atoms with Gasteiger partial charge in [0.05, 0.1) is 10.9 Å². The van der Waals surface area contributed by atoms with Gasteiger partial charge < -0.3 is 4.98 Å². The number of nitrogens with one attached hydrogen (secondary N) is 1. The highest BCUT2D eigenvalue weighted by Crippen LogP contribution is 2.42. The van der Waals surface area contributed by atoms with Crippen molar-refractivity contribution >= 4 is 33.8 Å². The second kappa shape index (κ2) is 4.78. The van der Waals surface area contributed by atoms with E-state index in [4.69, 9.17) is 12.2 Å². The van der Waals surface area contributed by atoms with Gasteiger partial charge in [0.25, 0.3) is 5.56 Å². The van der Waals surface area contributed by atoms with Gasteiger partial charge in [-0.2, -0.15) is 0 Å². The molecule has 0 unspecified atom stereocenters. The Morgan fingerprint density at radius 3 is 2.71 bits per heavy atom. The summed E-state index contributed by atoms with van der Waals surface area (Å²) in [5, 5.41) is 0.933. The van der Waals surface area contributed by atoms with Crippen LogP contribution in [0, 0.1) is 4.77 Å². The zero-order valence-electron chi connectivity index (χ0n) is 12.3. The van der Waals surface area contributed by atoms with Crippen molar-refractivity contribution in [3.05, 3.63) is 25.6 Å². The minimum atomic E-state index is -0.0255. The molecular formula is C16H20N2OS2. The maximum Gasteiger partial charge on any atom is 0.263 e. The Labute approximate surface area is 133 Å². The Hall–Kier alpha value is -0.940. The van der Waals surface area contributed by atoms with E-state index < -0.39 is 0 Å². The normalized spacial score (nSPS) is 20.2. The molecule has 0 aromatic carbocycles. The molecule has 1 fully saturated rings. The lowest BCUT2D eigenvalue weighted by atomic mass is 9.74. The van der Waals surface area contributed by atoms with Crippen LogP contribution in [0.4, 0.5) is 0 Å². The number of fused-ring (bicyclic) bond motifs is 3. The van der Waals surface area contributed by atoms with Crippen LogP contribution < -0.4 is 5.56 Å². The van der Waals surface area contributed by atoms with Gasteiger partial charge in [-0.05, 0) is 69.1 Å². The Kier molecular flexibility index (Phi) is 3.12. The van der Waals surface area contributed by atoms with Crippen LogP contribution in [-0.2, 0) is 18.4 Å². The van der Waals surface area contributed by atoms with Crippen LogP contribution in [0.2, 0.25) is 0 Å². The van der Waals surface area contributed by atoms with E-state index in [1.165, 1.54) is 29.7 Å². The highest BCUT2D eigenvalue weighted by atomic mass is 32.1. The van der Waals surface area contributed by atoms with E-state index in [2.05, 4.69) is 11.9 Å². The predicted octanol–water partition coefficient (Wildman–Crippen LogP) is 4.29. The zero-order valence-corrected chi connectivity index (χ0v) is 14.0. The van der Waals surface area contributed by atoms with Gasteiger partial charge >= 0.3 is 0 Å². The van der Waals surface area contributed by atoms with Crippen molar-refractivity contribution in [1.82, 2.24) is 9.55 Å². The van der Waals surface area contributed by atoms with Gasteiger partial charge in [-0.15, -0.1) is 11.3 Å². The van der Waals surface area contributed by atoms with E-state index in [9.17, 15) is 4.79 Å². The van der Waals surface area contributed by atoms with Gasteiger partial charge in [0.2, 0.25) is 0 Å². The number of H-pyrrole nitrogens is 1. The van der Waals surface area contributed by atoms with Crippen LogP contribution in [0.25, 0.3) is 10.2 Å². The summed E-state index contributed by atoms with van der Waals surface area (Å²) in [4.78, 5) is 18.9. The monoisotopic (exact) mass is 320 g/mol. The average molecular weight is 320 g/mol. The van der Waals surface area contributed by atoms with Crippen LogP contribution in [0.15, 0.2) is 4.79 Å². The molecule has 0 saturated heterocycles. The van der Waals surface area contributed by atoms with Crippen molar-refractivity contribution in [1.29, 1.82) is 0 Å². The van der Waals surface area contributed by atoms with Crippen molar-refractivity contribution in [3.63, 3.8) is 0 Å². The van der Waals surface area contributed by atoms with Crippen LogP contribution in [-0.4, -0.2) is 9.55 Å². The van der Waals surface area contributed by atoms with Gasteiger partial charge in [0.15, 0.2) is 4.77 Å². The van der Waals surface area contributed by atoms with Gasteiger partial charge in [-0.1, -0.05) is 6.92 Å². The van der Waals surface area contributed by atoms with Crippen molar-refractivity contribution in [2.45, 2.75) is 63.8 Å². The summed E-state index contributed by atoms with van der Waals surface area (Å²) < 4.78 is 2.53. The lowest BCUT2D eigenvalue weighted by Gasteiger charge is -2.42. The van der Waals surface area contributed by atoms with Crippen LogP contribution >= 0.6 is 23.6 Å². The molecule has 2 heterocycles. The number of thiophene rings is 1. The maximum atomic E-state index is 13.2. The van der Waals surface area contributed by atoms with Gasteiger partial charge in [-0.25, -0.2) is 0 Å². The van der Waals surface area contributed by atoms with E-state index in [0.29, 0.717) is 4.77 Å². The molecular weight excluding hydrogens is 300 g/mol. The molecule has 1 saturated carbocycles. The molecule has 0 amide bonds. The highest BCUT2D eigenvalue weighted by Gasteiger charge is 2.39. The Bertz CT molecular complexity index is 818. The van der Waals surface area contributed by atoms with Crippen molar-refractivity contribution < 1.29 is 0 Å². The third kappa shape index (κ3) is 1.83. The summed E-state index contributed by atoms with van der Waals surface area (Å²) >= 11 is 7.28. The van der Waals surface area contributed by atoms with E-state index in [0.717, 1.165) is 42.3 Å². The lowest BCUT2D eigenvalue weighted by Crippen LogP contribution is -2.46. The summed E-state index contributed by atoms with van der Waals surface area (Å²) in [5.74, 6) is 0. The lowest BCUT2D eigenvalue weighted by molar-refractivity contribution is 0.128. The van der Waals surface area contributed by atoms with Gasteiger partial charge in [0, 0.05) is 4.88 Å². The molecule has 2 aliphatic rings. The fourth-order valence-corrected chi connectivity index (χ4v) is 5.71. The number of hydrogen-bond donors (Lipinski definition) is 1. The van der Waals surface area contributed by atoms with Crippen molar-refractivity contribution in [2.75, 3.05) is 0 Å². The van der Waals surface area contributed by atoms with Crippen LogP contribution in [0.1, 0.15) is 55.9 Å². The molecule has 21 heavy (non-hydrogen) atoms. The molecule has 0 aliphatic heterocycles. The average Bonchev–Trinajstić information content (AvgIpc) is 2.79. The predicted molar refractivity (Wildman–Crippen MR) is 90.0 cm³/mol. The summed E-state index contributed by atoms with van der Waals surface area (Å²) in [7, 11) is 0. The molecule has 1 N–H and O–H groups in total. The van der Waals surface area contributed by atoms with Crippen LogP contribution in [0.5, 0.6) is 0 Å². The Morgan fingerprint density at radius 1 is 1.29 bits per heavy atom. The summed E-state index contributed by atoms with van der Waals surface area (Å²) in [6.45, 7) is 2.17. The van der Waals surface area contributed by atoms with E-state index in [1.54, 1.807) is 11.3 Å². The quantitative estimate of drug-likeness (QED) is 0.838. The number of aryl methyl sites for hydroxylation is 2. The number of nitrogens with zero attached hydrogens (tertiary/aromatic N) is 1. The first-order valence-corrected chi connectivity index (χ1v) is 9.19. The molecule has 0 bridgehead atoms. The van der Waals surface area contributed by atoms with Gasteiger partial charge in [-0.3, -0.25) is 9.36 Å². The summed E-state index contributed by atoms with van der Waals surface area (Å²) in [6.07, 6.45) is 8.97. The van der Waals surface area contributed by atoms with E-state index in [1.807, 2.05) is 4.57 Å². The number of rotatable bonds is 2. The second-order valence-corrected chi connectivity index (χ2v) is 7.91. The number of aromatic nitrogens is 2. The molecule has 3 nitrogen and oxygen atoms in total. The molecule has 2 aromatic heterocycles. The molecule has 0 atom stereocenters. The first-order chi connectivity index (χ1) is 10.2. The van der Waals surface area contributed by atoms with Crippen LogP contribution in [0.3, 0.4) is 0 Å². The summed E-state index contributed by atoms with van der Waals surface area (Å²) in [5.41, 5.74) is 1.44. The molecule has 4 rings (SSSR count). The van der Waals surface area contributed by atoms with Gasteiger partial charge in [0.1, 0.15) is 4.83 Å². The van der Waals surface area contributed by atoms with Crippen molar-refractivity contribution in [3.8, 4) is 0 Å². The minimum absolute atomic E-state index is 0.0255. The first-order valence-electron chi connectivity index (χ1n) is 7.96. The van der Waals surface area contributed by atoms with E-state index >= 15 is 0 Å². The SMILES string of the molecule is CCC1(n2c(=S)[nH]c3sc4c(c3c2=O)CCCC4)CCC1. The highest BCUT2D eigenvalue weighted by molar-refractivity contribution is 7.71.